The van der Waals surface area contributed by atoms with Crippen molar-refractivity contribution in [3.8, 4) is 79.0 Å². The van der Waals surface area contributed by atoms with Gasteiger partial charge in [0.1, 0.15) is 34.5 Å². The molecule has 0 aromatic heterocycles. The lowest BCUT2D eigenvalue weighted by Crippen LogP contribution is -2.19. The summed E-state index contributed by atoms with van der Waals surface area (Å²) in [4.78, 5) is 0. The third-order valence-electron chi connectivity index (χ3n) is 11.3. The van der Waals surface area contributed by atoms with E-state index < -0.39 is 0 Å². The summed E-state index contributed by atoms with van der Waals surface area (Å²) >= 11 is 0. The molecule has 6 rings (SSSR count). The van der Waals surface area contributed by atoms with Crippen molar-refractivity contribution in [2.45, 2.75) is 105 Å². The largest absolute Gasteiger partial charge is 0.507 e. The van der Waals surface area contributed by atoms with Crippen LogP contribution in [0.25, 0.3) is 44.5 Å². The molecule has 0 spiro atoms. The van der Waals surface area contributed by atoms with Crippen LogP contribution in [-0.4, -0.2) is 31.2 Å². The van der Waals surface area contributed by atoms with Crippen LogP contribution in [-0.2, 0) is 21.7 Å². The number of methoxy groups -OCH3 is 2. The summed E-state index contributed by atoms with van der Waals surface area (Å²) in [6.07, 6.45) is 0. The minimum absolute atomic E-state index is 0.00748. The molecule has 2 N–H and O–H groups in total. The van der Waals surface area contributed by atoms with Gasteiger partial charge in [-0.3, -0.25) is 0 Å². The number of hydrogen-bond acceptors (Lipinski definition) is 6. The van der Waals surface area contributed by atoms with Crippen molar-refractivity contribution < 1.29 is 29.2 Å². The predicted molar refractivity (Wildman–Crippen MR) is 252 cm³/mol. The second kappa shape index (κ2) is 16.9. The lowest BCUT2D eigenvalue weighted by atomic mass is 9.77. The summed E-state index contributed by atoms with van der Waals surface area (Å²) in [6.45, 7) is 26.2. The zero-order valence-corrected chi connectivity index (χ0v) is 38.6. The Labute approximate surface area is 364 Å². The Hall–Kier alpha value is -5.88. The molecule has 320 valence electrons. The van der Waals surface area contributed by atoms with Gasteiger partial charge >= 0.3 is 0 Å². The number of phenols is 2. The molecule has 0 unspecified atom stereocenters. The number of ether oxygens (including phenoxy) is 4. The number of rotatable bonds is 10. The fourth-order valence-electron chi connectivity index (χ4n) is 7.88. The van der Waals surface area contributed by atoms with E-state index in [-0.39, 0.29) is 40.0 Å². The molecule has 0 aliphatic rings. The summed E-state index contributed by atoms with van der Waals surface area (Å²) in [7, 11) is 3.46. The summed E-state index contributed by atoms with van der Waals surface area (Å²) in [5.41, 5.74) is 10.4. The van der Waals surface area contributed by atoms with E-state index in [4.69, 9.17) is 18.9 Å². The Bertz CT molecular complexity index is 2250. The van der Waals surface area contributed by atoms with Gasteiger partial charge in [-0.05, 0) is 92.4 Å². The van der Waals surface area contributed by atoms with Crippen LogP contribution in [0.1, 0.15) is 105 Å². The SMILES string of the molecule is COc1c(C(C)(C)C)cc(-c2cccc(-c3ccc(OCOc4ccc(-c5cccc(-c6cc(C(C)(C)C)c(OC)c(C(C)(C)C)c6)c5O)cc4)cc3)c2O)cc1C(C)(C)C. The third kappa shape index (κ3) is 9.54. The van der Waals surface area contributed by atoms with Crippen molar-refractivity contribution in [1.82, 2.24) is 0 Å². The summed E-state index contributed by atoms with van der Waals surface area (Å²) in [5, 5.41) is 23.4. The Balaban J connectivity index is 1.17. The van der Waals surface area contributed by atoms with Gasteiger partial charge in [-0.15, -0.1) is 0 Å². The predicted octanol–water partition coefficient (Wildman–Crippen LogP) is 14.4. The van der Waals surface area contributed by atoms with E-state index in [1.54, 1.807) is 14.2 Å². The number of benzene rings is 6. The quantitative estimate of drug-likeness (QED) is 0.134. The van der Waals surface area contributed by atoms with Crippen molar-refractivity contribution in [3.05, 3.63) is 131 Å². The van der Waals surface area contributed by atoms with Gasteiger partial charge in [0.2, 0.25) is 6.79 Å². The fourth-order valence-corrected chi connectivity index (χ4v) is 7.88. The van der Waals surface area contributed by atoms with Crippen LogP contribution >= 0.6 is 0 Å². The van der Waals surface area contributed by atoms with Crippen LogP contribution in [0, 0.1) is 0 Å². The maximum absolute atomic E-state index is 11.7. The summed E-state index contributed by atoms with van der Waals surface area (Å²) < 4.78 is 23.9. The Morgan fingerprint density at radius 3 is 0.885 bits per heavy atom. The van der Waals surface area contributed by atoms with E-state index in [0.717, 1.165) is 78.3 Å². The van der Waals surface area contributed by atoms with Gasteiger partial charge in [0, 0.05) is 44.5 Å². The van der Waals surface area contributed by atoms with E-state index >= 15 is 0 Å². The molecule has 0 aliphatic heterocycles. The molecule has 0 atom stereocenters. The van der Waals surface area contributed by atoms with Gasteiger partial charge < -0.3 is 29.2 Å². The average molecular weight is 821 g/mol. The lowest BCUT2D eigenvalue weighted by Gasteiger charge is -2.30. The van der Waals surface area contributed by atoms with Crippen LogP contribution in [0.5, 0.6) is 34.5 Å². The van der Waals surface area contributed by atoms with Gasteiger partial charge in [-0.2, -0.15) is 0 Å². The highest BCUT2D eigenvalue weighted by atomic mass is 16.7. The summed E-state index contributed by atoms with van der Waals surface area (Å²) in [6, 6.07) is 35.6. The molecule has 0 bridgehead atoms. The highest BCUT2D eigenvalue weighted by Crippen LogP contribution is 2.48. The van der Waals surface area contributed by atoms with Crippen molar-refractivity contribution in [2.75, 3.05) is 21.0 Å². The molecule has 6 nitrogen and oxygen atoms in total. The second-order valence-corrected chi connectivity index (χ2v) is 20.1. The summed E-state index contributed by atoms with van der Waals surface area (Å²) in [5.74, 6) is 3.51. The minimum atomic E-state index is -0.165. The van der Waals surface area contributed by atoms with Gasteiger partial charge in [0.05, 0.1) is 14.2 Å². The topological polar surface area (TPSA) is 77.4 Å². The van der Waals surface area contributed by atoms with Gasteiger partial charge in [-0.25, -0.2) is 0 Å². The monoisotopic (exact) mass is 820 g/mol. The van der Waals surface area contributed by atoms with E-state index in [1.165, 1.54) is 0 Å². The van der Waals surface area contributed by atoms with E-state index in [9.17, 15) is 10.2 Å². The van der Waals surface area contributed by atoms with Crippen LogP contribution in [0.2, 0.25) is 0 Å². The van der Waals surface area contributed by atoms with Crippen LogP contribution in [0.4, 0.5) is 0 Å². The standard InChI is InChI=1S/C55H64O6/c1-52(2,3)44-29-36(30-45(50(44)58-13)53(4,5)6)42-19-15-17-40(48(42)56)34-21-25-38(26-22-34)60-33-61-39-27-23-35(24-28-39)41-18-16-20-43(49(41)57)37-31-46(54(7,8)9)51(59-14)47(32-37)55(10,11)12/h15-32,56-57H,33H2,1-14H3. The molecule has 0 heterocycles. The molecule has 0 saturated heterocycles. The normalized spacial score (nSPS) is 12.3. The van der Waals surface area contributed by atoms with Crippen molar-refractivity contribution in [3.63, 3.8) is 0 Å². The molecule has 6 aromatic rings. The number of phenolic OH excluding ortho intramolecular Hbond substituents is 2. The van der Waals surface area contributed by atoms with Crippen molar-refractivity contribution >= 4 is 0 Å². The third-order valence-corrected chi connectivity index (χ3v) is 11.3. The highest BCUT2D eigenvalue weighted by molar-refractivity contribution is 5.84. The van der Waals surface area contributed by atoms with Crippen molar-refractivity contribution in [1.29, 1.82) is 0 Å². The van der Waals surface area contributed by atoms with Crippen molar-refractivity contribution in [2.24, 2.45) is 0 Å². The van der Waals surface area contributed by atoms with Crippen LogP contribution in [0.15, 0.2) is 109 Å². The molecule has 0 saturated carbocycles. The highest BCUT2D eigenvalue weighted by Gasteiger charge is 2.30. The Morgan fingerprint density at radius 2 is 0.639 bits per heavy atom. The molecular weight excluding hydrogens is 757 g/mol. The molecule has 0 radical (unpaired) electrons. The van der Waals surface area contributed by atoms with E-state index in [1.807, 2.05) is 84.9 Å². The first kappa shape index (κ1) is 44.7. The minimum Gasteiger partial charge on any atom is -0.507 e. The van der Waals surface area contributed by atoms with Crippen LogP contribution in [0.3, 0.4) is 0 Å². The fraction of sp³-hybridized carbons (Fsp3) is 0.345. The van der Waals surface area contributed by atoms with Gasteiger partial charge in [0.25, 0.3) is 0 Å². The maximum atomic E-state index is 11.7. The first-order chi connectivity index (χ1) is 28.5. The number of para-hydroxylation sites is 2. The number of aromatic hydroxyl groups is 2. The zero-order chi connectivity index (χ0) is 44.7. The van der Waals surface area contributed by atoms with Gasteiger partial charge in [-0.1, -0.05) is 144 Å². The maximum Gasteiger partial charge on any atom is 0.230 e. The van der Waals surface area contributed by atoms with Gasteiger partial charge in [0.15, 0.2) is 0 Å². The molecule has 61 heavy (non-hydrogen) atoms. The molecular formula is C55H64O6. The van der Waals surface area contributed by atoms with Crippen LogP contribution < -0.4 is 18.9 Å². The lowest BCUT2D eigenvalue weighted by molar-refractivity contribution is 0.120. The number of hydrogen-bond donors (Lipinski definition) is 2. The first-order valence-corrected chi connectivity index (χ1v) is 21.1. The molecule has 6 heteroatoms. The Morgan fingerprint density at radius 1 is 0.377 bits per heavy atom. The molecule has 0 amide bonds. The zero-order valence-electron chi connectivity index (χ0n) is 38.6. The molecule has 0 fully saturated rings. The van der Waals surface area contributed by atoms with E-state index in [2.05, 4.69) is 107 Å². The molecule has 6 aromatic carbocycles. The average Bonchev–Trinajstić information content (AvgIpc) is 3.19. The smallest absolute Gasteiger partial charge is 0.230 e. The second-order valence-electron chi connectivity index (χ2n) is 20.1. The van der Waals surface area contributed by atoms with E-state index in [0.29, 0.717) is 11.5 Å². The molecule has 0 aliphatic carbocycles. The Kier molecular flexibility index (Phi) is 12.4. The first-order valence-electron chi connectivity index (χ1n) is 21.1.